The van der Waals surface area contributed by atoms with Gasteiger partial charge in [-0.25, -0.2) is 9.90 Å². The van der Waals surface area contributed by atoms with Gasteiger partial charge < -0.3 is 9.84 Å². The number of aliphatic hydroxyl groups excluding tert-OH is 1. The zero-order chi connectivity index (χ0) is 8.69. The molecule has 0 aromatic heterocycles. The molecule has 4 heteroatoms. The van der Waals surface area contributed by atoms with E-state index in [0.717, 1.165) is 0 Å². The second kappa shape index (κ2) is 5.88. The van der Waals surface area contributed by atoms with Crippen LogP contribution >= 0.6 is 0 Å². The highest BCUT2D eigenvalue weighted by molar-refractivity contribution is 5.81. The van der Waals surface area contributed by atoms with E-state index in [-0.39, 0.29) is 6.61 Å². The summed E-state index contributed by atoms with van der Waals surface area (Å²) >= 11 is 0. The first kappa shape index (κ1) is 10.1. The van der Waals surface area contributed by atoms with Crippen molar-refractivity contribution in [2.24, 2.45) is 0 Å². The molecule has 63 valence electrons. The standard InChI is InChI=1S/C7H11O4/c1-2-3-7(10)11-5-6(9)4-8/h2-3,6,9H,4-5H2,1H3. The summed E-state index contributed by atoms with van der Waals surface area (Å²) in [6.07, 6.45) is 1.65. The summed E-state index contributed by atoms with van der Waals surface area (Å²) in [6.45, 7) is 0.793. The van der Waals surface area contributed by atoms with Gasteiger partial charge in [0.25, 0.3) is 0 Å². The Balaban J connectivity index is 3.45. The van der Waals surface area contributed by atoms with Crippen LogP contribution in [0.5, 0.6) is 0 Å². The second-order valence-electron chi connectivity index (χ2n) is 1.95. The largest absolute Gasteiger partial charge is 0.460 e. The van der Waals surface area contributed by atoms with Crippen LogP contribution in [0.1, 0.15) is 6.92 Å². The maximum Gasteiger partial charge on any atom is 0.330 e. The summed E-state index contributed by atoms with van der Waals surface area (Å²) in [5, 5.41) is 18.6. The molecule has 0 saturated heterocycles. The van der Waals surface area contributed by atoms with Gasteiger partial charge in [0, 0.05) is 6.08 Å². The molecule has 0 rings (SSSR count). The van der Waals surface area contributed by atoms with Crippen molar-refractivity contribution in [3.05, 3.63) is 12.2 Å². The van der Waals surface area contributed by atoms with Crippen LogP contribution in [0.3, 0.4) is 0 Å². The van der Waals surface area contributed by atoms with Gasteiger partial charge in [-0.3, -0.25) is 0 Å². The maximum atomic E-state index is 10.5. The average Bonchev–Trinajstić information content (AvgIpc) is 2.01. The Morgan fingerprint density at radius 2 is 2.36 bits per heavy atom. The highest BCUT2D eigenvalue weighted by Gasteiger charge is 2.04. The molecule has 0 saturated carbocycles. The number of hydrogen-bond donors (Lipinski definition) is 1. The second-order valence-corrected chi connectivity index (χ2v) is 1.95. The van der Waals surface area contributed by atoms with Crippen LogP contribution in [0.25, 0.3) is 0 Å². The van der Waals surface area contributed by atoms with Gasteiger partial charge in [0.1, 0.15) is 19.3 Å². The number of rotatable bonds is 4. The third-order valence-electron chi connectivity index (χ3n) is 0.913. The number of carbonyl (C=O) groups excluding carboxylic acids is 1. The topological polar surface area (TPSA) is 66.4 Å². The average molecular weight is 159 g/mol. The number of carbonyl (C=O) groups is 1. The molecule has 0 amide bonds. The molecular weight excluding hydrogens is 148 g/mol. The maximum absolute atomic E-state index is 10.5. The molecule has 0 aromatic carbocycles. The lowest BCUT2D eigenvalue weighted by Gasteiger charge is -2.04. The van der Waals surface area contributed by atoms with Crippen molar-refractivity contribution in [2.45, 2.75) is 13.0 Å². The zero-order valence-electron chi connectivity index (χ0n) is 6.32. The fourth-order valence-electron chi connectivity index (χ4n) is 0.411. The SMILES string of the molecule is CC=CC(=O)OCC(O)C[O]. The Hall–Kier alpha value is -0.870. The lowest BCUT2D eigenvalue weighted by molar-refractivity contribution is -0.141. The molecule has 0 aliphatic heterocycles. The highest BCUT2D eigenvalue weighted by Crippen LogP contribution is 1.86. The van der Waals surface area contributed by atoms with Crippen LogP contribution in [0.15, 0.2) is 12.2 Å². The van der Waals surface area contributed by atoms with Crippen molar-refractivity contribution >= 4 is 5.97 Å². The Morgan fingerprint density at radius 1 is 1.73 bits per heavy atom. The smallest absolute Gasteiger partial charge is 0.330 e. The first-order valence-electron chi connectivity index (χ1n) is 3.26. The zero-order valence-corrected chi connectivity index (χ0v) is 6.32. The normalized spacial score (nSPS) is 13.4. The van der Waals surface area contributed by atoms with Crippen LogP contribution in [-0.2, 0) is 14.6 Å². The van der Waals surface area contributed by atoms with Crippen molar-refractivity contribution in [1.29, 1.82) is 0 Å². The van der Waals surface area contributed by atoms with E-state index in [9.17, 15) is 9.90 Å². The Labute approximate surface area is 65.1 Å². The van der Waals surface area contributed by atoms with Gasteiger partial charge in [-0.1, -0.05) is 6.08 Å². The van der Waals surface area contributed by atoms with E-state index in [1.54, 1.807) is 6.92 Å². The van der Waals surface area contributed by atoms with Crippen LogP contribution < -0.4 is 0 Å². The van der Waals surface area contributed by atoms with Crippen molar-refractivity contribution in [2.75, 3.05) is 13.2 Å². The quantitative estimate of drug-likeness (QED) is 0.460. The van der Waals surface area contributed by atoms with Crippen LogP contribution in [0, 0.1) is 0 Å². The highest BCUT2D eigenvalue weighted by atomic mass is 16.5. The molecule has 0 aliphatic rings. The number of ether oxygens (including phenoxy) is 1. The third-order valence-corrected chi connectivity index (χ3v) is 0.913. The number of esters is 1. The first-order chi connectivity index (χ1) is 5.20. The van der Waals surface area contributed by atoms with Gasteiger partial charge in [0.05, 0.1) is 0 Å². The van der Waals surface area contributed by atoms with Gasteiger partial charge in [0.2, 0.25) is 0 Å². The van der Waals surface area contributed by atoms with Gasteiger partial charge in [-0.15, -0.1) is 0 Å². The molecule has 0 aromatic rings. The van der Waals surface area contributed by atoms with E-state index in [1.165, 1.54) is 12.2 Å². The predicted octanol–water partition coefficient (Wildman–Crippen LogP) is -0.103. The third kappa shape index (κ3) is 5.57. The fraction of sp³-hybridized carbons (Fsp3) is 0.571. The molecule has 0 bridgehead atoms. The molecule has 0 fully saturated rings. The molecule has 0 aliphatic carbocycles. The van der Waals surface area contributed by atoms with Gasteiger partial charge in [0.15, 0.2) is 0 Å². The van der Waals surface area contributed by atoms with Crippen molar-refractivity contribution in [3.8, 4) is 0 Å². The van der Waals surface area contributed by atoms with Crippen LogP contribution in [0.2, 0.25) is 0 Å². The van der Waals surface area contributed by atoms with Gasteiger partial charge in [-0.05, 0) is 6.92 Å². The Bertz CT molecular complexity index is 141. The van der Waals surface area contributed by atoms with E-state index in [1.807, 2.05) is 0 Å². The summed E-state index contributed by atoms with van der Waals surface area (Å²) in [5.41, 5.74) is 0. The monoisotopic (exact) mass is 159 g/mol. The van der Waals surface area contributed by atoms with Gasteiger partial charge in [-0.2, -0.15) is 0 Å². The number of aliphatic hydroxyl groups is 1. The summed E-state index contributed by atoms with van der Waals surface area (Å²) in [5.74, 6) is -0.542. The summed E-state index contributed by atoms with van der Waals surface area (Å²) in [4.78, 5) is 10.5. The first-order valence-corrected chi connectivity index (χ1v) is 3.26. The van der Waals surface area contributed by atoms with E-state index in [0.29, 0.717) is 0 Å². The minimum atomic E-state index is -1.09. The summed E-state index contributed by atoms with van der Waals surface area (Å²) in [7, 11) is 0. The van der Waals surface area contributed by atoms with Crippen molar-refractivity contribution in [3.63, 3.8) is 0 Å². The molecule has 1 unspecified atom stereocenters. The Kier molecular flexibility index (Phi) is 5.42. The molecule has 4 nitrogen and oxygen atoms in total. The minimum absolute atomic E-state index is 0.229. The van der Waals surface area contributed by atoms with E-state index >= 15 is 0 Å². The summed E-state index contributed by atoms with van der Waals surface area (Å²) < 4.78 is 4.46. The molecule has 11 heavy (non-hydrogen) atoms. The molecule has 1 atom stereocenters. The molecule has 1 radical (unpaired) electrons. The predicted molar refractivity (Wildman–Crippen MR) is 37.3 cm³/mol. The summed E-state index contributed by atoms with van der Waals surface area (Å²) in [6, 6.07) is 0. The van der Waals surface area contributed by atoms with Crippen LogP contribution in [0.4, 0.5) is 0 Å². The van der Waals surface area contributed by atoms with Crippen molar-refractivity contribution in [1.82, 2.24) is 0 Å². The Morgan fingerprint density at radius 3 is 2.82 bits per heavy atom. The van der Waals surface area contributed by atoms with E-state index in [4.69, 9.17) is 5.11 Å². The van der Waals surface area contributed by atoms with E-state index in [2.05, 4.69) is 4.74 Å². The number of hydrogen-bond acceptors (Lipinski definition) is 3. The molecule has 0 heterocycles. The van der Waals surface area contributed by atoms with Crippen molar-refractivity contribution < 1.29 is 19.7 Å². The van der Waals surface area contributed by atoms with Crippen LogP contribution in [-0.4, -0.2) is 30.4 Å². The molecular formula is C7H11O4. The lowest BCUT2D eigenvalue weighted by Crippen LogP contribution is -2.20. The van der Waals surface area contributed by atoms with Gasteiger partial charge >= 0.3 is 5.97 Å². The number of allylic oxidation sites excluding steroid dienone is 1. The van der Waals surface area contributed by atoms with E-state index < -0.39 is 18.7 Å². The minimum Gasteiger partial charge on any atom is -0.460 e. The molecule has 0 spiro atoms. The molecule has 1 N–H and O–H groups in total. The lowest BCUT2D eigenvalue weighted by atomic mass is 10.4. The fourth-order valence-corrected chi connectivity index (χ4v) is 0.411.